The lowest BCUT2D eigenvalue weighted by atomic mass is 10.2. The van der Waals surface area contributed by atoms with E-state index in [-0.39, 0.29) is 5.82 Å². The number of hydrogen-bond donors (Lipinski definition) is 1. The molecule has 15 heavy (non-hydrogen) atoms. The third-order valence-electron chi connectivity index (χ3n) is 1.62. The van der Waals surface area contributed by atoms with Crippen LogP contribution in [0.2, 0.25) is 5.02 Å². The second-order valence-electron chi connectivity index (χ2n) is 3.03. The zero-order valence-electron chi connectivity index (χ0n) is 8.26. The van der Waals surface area contributed by atoms with Crippen LogP contribution in [-0.2, 0) is 0 Å². The first-order chi connectivity index (χ1) is 7.00. The van der Waals surface area contributed by atoms with Crippen LogP contribution in [0.3, 0.4) is 0 Å². The molecule has 0 amide bonds. The molecule has 1 aromatic rings. The minimum Gasteiger partial charge on any atom is -0.402 e. The highest BCUT2D eigenvalue weighted by Gasteiger charge is 2.06. The lowest BCUT2D eigenvalue weighted by Crippen LogP contribution is -1.89. The molecule has 0 unspecified atom stereocenters. The summed E-state index contributed by atoms with van der Waals surface area (Å²) in [6.07, 6.45) is 0. The van der Waals surface area contributed by atoms with Crippen molar-refractivity contribution in [3.63, 3.8) is 0 Å². The van der Waals surface area contributed by atoms with Gasteiger partial charge in [-0.3, -0.25) is 0 Å². The van der Waals surface area contributed by atoms with E-state index in [2.05, 4.69) is 6.58 Å². The summed E-state index contributed by atoms with van der Waals surface area (Å²) in [5.74, 6) is -0.372. The molecule has 0 aliphatic rings. The zero-order valence-corrected chi connectivity index (χ0v) is 9.83. The van der Waals surface area contributed by atoms with Gasteiger partial charge >= 0.3 is 0 Å². The Morgan fingerprint density at radius 1 is 1.60 bits per heavy atom. The third kappa shape index (κ3) is 3.61. The van der Waals surface area contributed by atoms with E-state index < -0.39 is 0 Å². The van der Waals surface area contributed by atoms with Crippen molar-refractivity contribution in [2.45, 2.75) is 6.92 Å². The largest absolute Gasteiger partial charge is 0.402 e. The summed E-state index contributed by atoms with van der Waals surface area (Å²) in [7, 11) is 0. The summed E-state index contributed by atoms with van der Waals surface area (Å²) in [6.45, 7) is 5.53. The van der Waals surface area contributed by atoms with Crippen LogP contribution in [0.25, 0.3) is 4.91 Å². The van der Waals surface area contributed by atoms with Crippen molar-refractivity contribution in [2.24, 2.45) is 5.73 Å². The Labute approximate surface area is 97.8 Å². The Hall–Kier alpha value is -0.930. The van der Waals surface area contributed by atoms with Crippen LogP contribution in [0.5, 0.6) is 0 Å². The van der Waals surface area contributed by atoms with Crippen LogP contribution in [0.4, 0.5) is 4.39 Å². The molecule has 0 saturated heterocycles. The van der Waals surface area contributed by atoms with Gasteiger partial charge in [0.1, 0.15) is 5.82 Å². The molecule has 0 spiro atoms. The van der Waals surface area contributed by atoms with Crippen molar-refractivity contribution < 1.29 is 4.39 Å². The second kappa shape index (κ2) is 5.24. The van der Waals surface area contributed by atoms with Crippen LogP contribution in [0, 0.1) is 5.82 Å². The first-order valence-corrected chi connectivity index (χ1v) is 5.49. The van der Waals surface area contributed by atoms with E-state index in [1.165, 1.54) is 17.8 Å². The number of allylic oxidation sites excluding steroid dienone is 1. The van der Waals surface area contributed by atoms with E-state index in [0.29, 0.717) is 21.2 Å². The van der Waals surface area contributed by atoms with Crippen LogP contribution in [-0.4, -0.2) is 0 Å². The van der Waals surface area contributed by atoms with Crippen molar-refractivity contribution in [1.29, 1.82) is 0 Å². The van der Waals surface area contributed by atoms with Crippen molar-refractivity contribution in [3.05, 3.63) is 52.3 Å². The molecule has 0 aliphatic carbocycles. The number of hydrogen-bond acceptors (Lipinski definition) is 2. The molecule has 0 fully saturated rings. The van der Waals surface area contributed by atoms with E-state index >= 15 is 0 Å². The molecule has 0 heterocycles. The molecule has 1 aromatic carbocycles. The van der Waals surface area contributed by atoms with Gasteiger partial charge in [-0.1, -0.05) is 29.9 Å². The molecular weight excluding hydrogens is 233 g/mol. The van der Waals surface area contributed by atoms with Gasteiger partial charge in [0, 0.05) is 21.2 Å². The number of halogens is 2. The highest BCUT2D eigenvalue weighted by Crippen LogP contribution is 2.30. The van der Waals surface area contributed by atoms with Gasteiger partial charge in [0.05, 0.1) is 0 Å². The van der Waals surface area contributed by atoms with Crippen molar-refractivity contribution in [2.75, 3.05) is 0 Å². The molecule has 0 atom stereocenters. The van der Waals surface area contributed by atoms with Crippen molar-refractivity contribution >= 4 is 28.3 Å². The fourth-order valence-electron chi connectivity index (χ4n) is 0.943. The van der Waals surface area contributed by atoms with E-state index in [0.717, 1.165) is 0 Å². The molecule has 2 N–H and O–H groups in total. The summed E-state index contributed by atoms with van der Waals surface area (Å²) < 4.78 is 13.4. The third-order valence-corrected chi connectivity index (χ3v) is 2.85. The number of nitrogens with two attached hydrogens (primary N) is 1. The van der Waals surface area contributed by atoms with Gasteiger partial charge in [0.15, 0.2) is 0 Å². The van der Waals surface area contributed by atoms with Gasteiger partial charge in [0.25, 0.3) is 0 Å². The highest BCUT2D eigenvalue weighted by atomic mass is 35.5. The Bertz CT molecular complexity index is 411. The summed E-state index contributed by atoms with van der Waals surface area (Å²) in [4.78, 5) is 0.606. The Morgan fingerprint density at radius 3 is 2.80 bits per heavy atom. The van der Waals surface area contributed by atoms with Gasteiger partial charge in [-0.05, 0) is 30.5 Å². The first-order valence-electron chi connectivity index (χ1n) is 4.24. The van der Waals surface area contributed by atoms with E-state index in [4.69, 9.17) is 17.3 Å². The molecule has 0 radical (unpaired) electrons. The highest BCUT2D eigenvalue weighted by molar-refractivity contribution is 8.10. The minimum absolute atomic E-state index is 0.372. The molecular formula is C11H11ClFNS. The van der Waals surface area contributed by atoms with Gasteiger partial charge < -0.3 is 5.73 Å². The van der Waals surface area contributed by atoms with E-state index in [9.17, 15) is 4.39 Å². The SMILES string of the molecule is C=C(S/C=C(/C)N)c1ccc(Cl)cc1F. The van der Waals surface area contributed by atoms with Crippen LogP contribution < -0.4 is 5.73 Å². The maximum atomic E-state index is 13.4. The summed E-state index contributed by atoms with van der Waals surface area (Å²) in [5.41, 5.74) is 6.57. The fourth-order valence-corrected chi connectivity index (χ4v) is 1.72. The lowest BCUT2D eigenvalue weighted by molar-refractivity contribution is 0.625. The summed E-state index contributed by atoms with van der Waals surface area (Å²) in [6, 6.07) is 4.50. The molecule has 1 rings (SSSR count). The smallest absolute Gasteiger partial charge is 0.133 e. The molecule has 1 nitrogen and oxygen atoms in total. The topological polar surface area (TPSA) is 26.0 Å². The zero-order chi connectivity index (χ0) is 11.4. The normalized spacial score (nSPS) is 11.5. The molecule has 4 heteroatoms. The van der Waals surface area contributed by atoms with Crippen molar-refractivity contribution in [3.8, 4) is 0 Å². The van der Waals surface area contributed by atoms with Gasteiger partial charge in [-0.25, -0.2) is 4.39 Å². The molecule has 0 bridgehead atoms. The number of thioether (sulfide) groups is 1. The Morgan fingerprint density at radius 2 is 2.27 bits per heavy atom. The first kappa shape index (κ1) is 12.1. The molecule has 0 aromatic heterocycles. The standard InChI is InChI=1S/C11H11ClFNS/c1-7(14)6-15-8(2)10-4-3-9(12)5-11(10)13/h3-6H,2,14H2,1H3/b7-6-. The Balaban J connectivity index is 2.87. The quantitative estimate of drug-likeness (QED) is 0.868. The average Bonchev–Trinajstić information content (AvgIpc) is 2.14. The maximum Gasteiger partial charge on any atom is 0.133 e. The van der Waals surface area contributed by atoms with Gasteiger partial charge in [-0.15, -0.1) is 0 Å². The average molecular weight is 244 g/mol. The van der Waals surface area contributed by atoms with Gasteiger partial charge in [-0.2, -0.15) is 0 Å². The van der Waals surface area contributed by atoms with Crippen LogP contribution in [0.1, 0.15) is 12.5 Å². The fraction of sp³-hybridized carbons (Fsp3) is 0.0909. The molecule has 80 valence electrons. The maximum absolute atomic E-state index is 13.4. The number of benzene rings is 1. The monoisotopic (exact) mass is 243 g/mol. The Kier molecular flexibility index (Phi) is 4.24. The predicted molar refractivity (Wildman–Crippen MR) is 66.0 cm³/mol. The lowest BCUT2D eigenvalue weighted by Gasteiger charge is -2.04. The summed E-state index contributed by atoms with van der Waals surface area (Å²) >= 11 is 6.93. The number of rotatable bonds is 3. The van der Waals surface area contributed by atoms with E-state index in [1.807, 2.05) is 0 Å². The van der Waals surface area contributed by atoms with Crippen molar-refractivity contribution in [1.82, 2.24) is 0 Å². The predicted octanol–water partition coefficient (Wildman–Crippen LogP) is 4.00. The molecule has 0 saturated carbocycles. The van der Waals surface area contributed by atoms with Crippen LogP contribution >= 0.6 is 23.4 Å². The van der Waals surface area contributed by atoms with E-state index in [1.54, 1.807) is 24.5 Å². The second-order valence-corrected chi connectivity index (χ2v) is 4.43. The summed E-state index contributed by atoms with van der Waals surface area (Å²) in [5, 5.41) is 2.09. The van der Waals surface area contributed by atoms with Crippen LogP contribution in [0.15, 0.2) is 35.9 Å². The minimum atomic E-state index is -0.372. The van der Waals surface area contributed by atoms with Gasteiger partial charge in [0.2, 0.25) is 0 Å². The molecule has 0 aliphatic heterocycles.